The fourth-order valence-corrected chi connectivity index (χ4v) is 2.45. The molecule has 0 unspecified atom stereocenters. The minimum absolute atomic E-state index is 0.0471. The van der Waals surface area contributed by atoms with Crippen molar-refractivity contribution in [2.75, 3.05) is 0 Å². The van der Waals surface area contributed by atoms with Gasteiger partial charge in [0.15, 0.2) is 0 Å². The Labute approximate surface area is 144 Å². The number of fused-ring (bicyclic) bond motifs is 1. The normalized spacial score (nSPS) is 11.4. The van der Waals surface area contributed by atoms with Crippen LogP contribution in [0.3, 0.4) is 0 Å². The summed E-state index contributed by atoms with van der Waals surface area (Å²) in [4.78, 5) is 27.4. The summed E-state index contributed by atoms with van der Waals surface area (Å²) in [6.45, 7) is 1.52. The molecule has 0 aliphatic carbocycles. The molecular weight excluding hydrogens is 316 g/mol. The molecule has 1 N–H and O–H groups in total. The van der Waals surface area contributed by atoms with Crippen LogP contribution in [0.5, 0.6) is 0 Å². The molecule has 0 spiro atoms. The second-order valence-corrected chi connectivity index (χ2v) is 5.30. The van der Waals surface area contributed by atoms with Crippen molar-refractivity contribution in [3.63, 3.8) is 0 Å². The molecule has 124 valence electrons. The summed E-state index contributed by atoms with van der Waals surface area (Å²) in [7, 11) is 0. The number of nitrogens with one attached hydrogen (secondary N) is 1. The van der Waals surface area contributed by atoms with Gasteiger partial charge in [0.05, 0.1) is 5.52 Å². The summed E-state index contributed by atoms with van der Waals surface area (Å²) in [6.07, 6.45) is 9.90. The molecule has 3 rings (SSSR count). The van der Waals surface area contributed by atoms with Crippen molar-refractivity contribution in [2.45, 2.75) is 6.92 Å². The van der Waals surface area contributed by atoms with Crippen molar-refractivity contribution in [3.05, 3.63) is 72.2 Å². The van der Waals surface area contributed by atoms with Crippen LogP contribution in [-0.2, 0) is 0 Å². The van der Waals surface area contributed by atoms with E-state index in [4.69, 9.17) is 0 Å². The molecule has 2 heterocycles. The second kappa shape index (κ2) is 7.35. The lowest BCUT2D eigenvalue weighted by molar-refractivity contribution is 0.0937. The zero-order chi connectivity index (χ0) is 17.6. The van der Waals surface area contributed by atoms with Crippen LogP contribution in [-0.4, -0.2) is 27.6 Å². The highest BCUT2D eigenvalue weighted by atomic mass is 16.2. The van der Waals surface area contributed by atoms with Crippen LogP contribution in [0.15, 0.2) is 66.2 Å². The molecule has 0 aliphatic rings. The molecular formula is C19H16N4O2. The molecule has 0 atom stereocenters. The Morgan fingerprint density at radius 3 is 2.68 bits per heavy atom. The van der Waals surface area contributed by atoms with E-state index >= 15 is 0 Å². The van der Waals surface area contributed by atoms with E-state index in [9.17, 15) is 9.59 Å². The number of hydrogen-bond acceptors (Lipinski definition) is 4. The predicted molar refractivity (Wildman–Crippen MR) is 97.5 cm³/mol. The third-order valence-corrected chi connectivity index (χ3v) is 3.63. The Balaban J connectivity index is 1.71. The highest BCUT2D eigenvalue weighted by Crippen LogP contribution is 2.22. The molecule has 0 saturated heterocycles. The van der Waals surface area contributed by atoms with Gasteiger partial charge in [0.2, 0.25) is 5.91 Å². The number of benzene rings is 1. The second-order valence-electron chi connectivity index (χ2n) is 5.30. The third kappa shape index (κ3) is 3.69. The van der Waals surface area contributed by atoms with Crippen LogP contribution in [0.4, 0.5) is 0 Å². The molecule has 0 bridgehead atoms. The van der Waals surface area contributed by atoms with Gasteiger partial charge in [0.1, 0.15) is 0 Å². The largest absolute Gasteiger partial charge is 0.287 e. The first-order chi connectivity index (χ1) is 12.2. The monoisotopic (exact) mass is 332 g/mol. The number of hydrogen-bond donors (Lipinski definition) is 1. The quantitative estimate of drug-likeness (QED) is 0.589. The molecule has 0 saturated carbocycles. The highest BCUT2D eigenvalue weighted by molar-refractivity contribution is 5.98. The fraction of sp³-hybridized carbons (Fsp3) is 0.0526. The first-order valence-electron chi connectivity index (χ1n) is 7.68. The smallest absolute Gasteiger partial charge is 0.271 e. The van der Waals surface area contributed by atoms with Crippen molar-refractivity contribution >= 4 is 35.0 Å². The summed E-state index contributed by atoms with van der Waals surface area (Å²) >= 11 is 0. The van der Waals surface area contributed by atoms with Crippen molar-refractivity contribution in [3.8, 4) is 0 Å². The number of rotatable bonds is 4. The Bertz CT molecular complexity index is 972. The maximum absolute atomic E-state index is 11.8. The summed E-state index contributed by atoms with van der Waals surface area (Å²) in [6, 6.07) is 10.9. The number of hydrazone groups is 1. The van der Waals surface area contributed by atoms with Crippen molar-refractivity contribution in [2.24, 2.45) is 5.10 Å². The molecule has 6 nitrogen and oxygen atoms in total. The minimum atomic E-state index is -0.305. The van der Waals surface area contributed by atoms with Crippen molar-refractivity contribution in [1.29, 1.82) is 0 Å². The van der Waals surface area contributed by atoms with Crippen molar-refractivity contribution < 1.29 is 9.59 Å². The molecule has 2 aromatic heterocycles. The summed E-state index contributed by atoms with van der Waals surface area (Å²) in [5, 5.41) is 4.85. The molecule has 0 fully saturated rings. The highest BCUT2D eigenvalue weighted by Gasteiger charge is 2.08. The summed E-state index contributed by atoms with van der Waals surface area (Å²) in [5.74, 6) is -0.352. The van der Waals surface area contributed by atoms with E-state index in [1.165, 1.54) is 13.1 Å². The number of aromatic nitrogens is 2. The van der Waals surface area contributed by atoms with Gasteiger partial charge in [-0.15, -0.1) is 0 Å². The van der Waals surface area contributed by atoms with E-state index in [1.807, 2.05) is 30.3 Å². The van der Waals surface area contributed by atoms with E-state index in [-0.39, 0.29) is 11.8 Å². The van der Waals surface area contributed by atoms with E-state index in [2.05, 4.69) is 15.5 Å². The van der Waals surface area contributed by atoms with Crippen LogP contribution < -0.4 is 5.43 Å². The van der Waals surface area contributed by atoms with Gasteiger partial charge < -0.3 is 0 Å². The van der Waals surface area contributed by atoms with Gasteiger partial charge >= 0.3 is 0 Å². The van der Waals surface area contributed by atoms with E-state index < -0.39 is 0 Å². The number of nitrogens with zero attached hydrogens (tertiary/aromatic N) is 3. The number of pyridine rings is 1. The van der Waals surface area contributed by atoms with Crippen LogP contribution in [0, 0.1) is 0 Å². The Kier molecular flexibility index (Phi) is 4.80. The molecule has 1 amide bonds. The number of para-hydroxylation sites is 1. The summed E-state index contributed by atoms with van der Waals surface area (Å²) in [5.41, 5.74) is 4.68. The number of carbonyl (C=O) groups excluding carboxylic acids is 2. The number of carbonyl (C=O) groups is 2. The Morgan fingerprint density at radius 1 is 1.16 bits per heavy atom. The van der Waals surface area contributed by atoms with Gasteiger partial charge in [-0.25, -0.2) is 5.43 Å². The maximum Gasteiger partial charge on any atom is 0.271 e. The third-order valence-electron chi connectivity index (χ3n) is 3.63. The molecule has 0 aliphatic heterocycles. The predicted octanol–water partition coefficient (Wildman–Crippen LogP) is 3.13. The van der Waals surface area contributed by atoms with Gasteiger partial charge in [0.25, 0.3) is 5.91 Å². The minimum Gasteiger partial charge on any atom is -0.287 e. The van der Waals surface area contributed by atoms with E-state index in [0.29, 0.717) is 5.56 Å². The number of amides is 1. The Morgan fingerprint density at radius 2 is 1.92 bits per heavy atom. The molecule has 6 heteroatoms. The van der Waals surface area contributed by atoms with Gasteiger partial charge in [-0.05, 0) is 24.3 Å². The lowest BCUT2D eigenvalue weighted by atomic mass is 10.1. The molecule has 25 heavy (non-hydrogen) atoms. The maximum atomic E-state index is 11.8. The van der Waals surface area contributed by atoms with Crippen molar-refractivity contribution in [1.82, 2.24) is 15.0 Å². The topological polar surface area (TPSA) is 76.3 Å². The lowest BCUT2D eigenvalue weighted by Crippen LogP contribution is -2.17. The van der Waals surface area contributed by atoms with Gasteiger partial charge in [0, 0.05) is 48.2 Å². The first kappa shape index (κ1) is 16.3. The standard InChI is InChI=1S/C19H16N4O2/c1-14(24)23-13-16(17-6-2-3-7-18(17)23)5-4-10-21-22-19(25)15-8-11-20-12-9-15/h2-13H,1H3,(H,22,25)/b5-4+,21-10+. The number of allylic oxidation sites excluding steroid dienone is 1. The SMILES string of the molecule is CC(=O)n1cc(/C=C/C=N/NC(=O)c2ccncc2)c2ccccc21. The molecule has 1 aromatic carbocycles. The molecule has 0 radical (unpaired) electrons. The van der Waals surface area contributed by atoms with Gasteiger partial charge in [-0.3, -0.25) is 19.1 Å². The Hall–Kier alpha value is -3.54. The van der Waals surface area contributed by atoms with Crippen LogP contribution in [0.2, 0.25) is 0 Å². The fourth-order valence-electron chi connectivity index (χ4n) is 2.45. The van der Waals surface area contributed by atoms with Crippen LogP contribution in [0.25, 0.3) is 17.0 Å². The first-order valence-corrected chi connectivity index (χ1v) is 7.68. The van der Waals surface area contributed by atoms with E-state index in [0.717, 1.165) is 16.5 Å². The van der Waals surface area contributed by atoms with Gasteiger partial charge in [-0.1, -0.05) is 24.3 Å². The van der Waals surface area contributed by atoms with Crippen LogP contribution in [0.1, 0.15) is 27.6 Å². The average molecular weight is 332 g/mol. The average Bonchev–Trinajstić information content (AvgIpc) is 3.01. The van der Waals surface area contributed by atoms with Gasteiger partial charge in [-0.2, -0.15) is 5.10 Å². The summed E-state index contributed by atoms with van der Waals surface area (Å²) < 4.78 is 1.61. The lowest BCUT2D eigenvalue weighted by Gasteiger charge is -1.97. The zero-order valence-corrected chi connectivity index (χ0v) is 13.6. The van der Waals surface area contributed by atoms with E-state index in [1.54, 1.807) is 41.4 Å². The van der Waals surface area contributed by atoms with Crippen LogP contribution >= 0.6 is 0 Å². The zero-order valence-electron chi connectivity index (χ0n) is 13.6. The molecule has 3 aromatic rings.